The fourth-order valence-electron chi connectivity index (χ4n) is 7.57. The predicted molar refractivity (Wildman–Crippen MR) is 196 cm³/mol. The molecule has 5 rings (SSSR count). The zero-order valence-corrected chi connectivity index (χ0v) is 30.6. The van der Waals surface area contributed by atoms with Crippen LogP contribution in [0.4, 0.5) is 17.1 Å². The highest BCUT2D eigenvalue weighted by atomic mass is 28.4. The third-order valence-corrected chi connectivity index (χ3v) is 12.5. The number of nitrogens with zero attached hydrogens (tertiary/aromatic N) is 2. The summed E-state index contributed by atoms with van der Waals surface area (Å²) in [6.45, 7) is 5.94. The van der Waals surface area contributed by atoms with E-state index in [1.54, 1.807) is 65.4 Å². The maximum atomic E-state index is 14.8. The van der Waals surface area contributed by atoms with Gasteiger partial charge in [0.25, 0.3) is 11.8 Å². The van der Waals surface area contributed by atoms with Crippen LogP contribution in [0.25, 0.3) is 0 Å². The molecule has 51 heavy (non-hydrogen) atoms. The van der Waals surface area contributed by atoms with Gasteiger partial charge in [-0.3, -0.25) is 19.2 Å². The summed E-state index contributed by atoms with van der Waals surface area (Å²) in [4.78, 5) is 68.6. The zero-order chi connectivity index (χ0) is 36.9. The van der Waals surface area contributed by atoms with Crippen LogP contribution in [0, 0.1) is 5.92 Å². The number of esters is 1. The molecule has 0 aliphatic carbocycles. The third kappa shape index (κ3) is 8.01. The van der Waals surface area contributed by atoms with Gasteiger partial charge in [0.2, 0.25) is 5.91 Å². The van der Waals surface area contributed by atoms with Crippen molar-refractivity contribution in [2.45, 2.75) is 69.5 Å². The molecule has 13 heteroatoms. The molecule has 5 N–H and O–H groups in total. The van der Waals surface area contributed by atoms with Gasteiger partial charge in [0.1, 0.15) is 0 Å². The van der Waals surface area contributed by atoms with E-state index >= 15 is 0 Å². The zero-order valence-electron chi connectivity index (χ0n) is 29.6. The van der Waals surface area contributed by atoms with E-state index in [2.05, 4.69) is 5.32 Å². The molecule has 1 fully saturated rings. The van der Waals surface area contributed by atoms with Crippen LogP contribution in [-0.2, 0) is 36.0 Å². The van der Waals surface area contributed by atoms with Crippen molar-refractivity contribution in [1.82, 2.24) is 4.90 Å². The average Bonchev–Trinajstić information content (AvgIpc) is 3.52. The number of carbonyl (C=O) groups is 4. The number of nitrogens with two attached hydrogens (primary N) is 1. The van der Waals surface area contributed by atoms with E-state index in [1.165, 1.54) is 7.11 Å². The van der Waals surface area contributed by atoms with Crippen LogP contribution in [0.2, 0.25) is 18.6 Å². The number of hydrogen-bond acceptors (Lipinski definition) is 9. The van der Waals surface area contributed by atoms with Gasteiger partial charge < -0.3 is 40.2 Å². The Kier molecular flexibility index (Phi) is 11.7. The Balaban J connectivity index is 1.50. The lowest BCUT2D eigenvalue weighted by molar-refractivity contribution is -0.149. The second kappa shape index (κ2) is 15.8. The van der Waals surface area contributed by atoms with Crippen molar-refractivity contribution in [3.63, 3.8) is 0 Å². The number of fused-ring (bicyclic) bond motifs is 2. The number of amides is 3. The molecule has 1 spiro atoms. The Morgan fingerprint density at radius 2 is 1.76 bits per heavy atom. The molecule has 12 nitrogen and oxygen atoms in total. The first-order valence-corrected chi connectivity index (χ1v) is 20.4. The lowest BCUT2D eigenvalue weighted by atomic mass is 9.82. The second-order valence-electron chi connectivity index (χ2n) is 13.9. The van der Waals surface area contributed by atoms with E-state index in [0.717, 1.165) is 5.56 Å². The molecule has 272 valence electrons. The van der Waals surface area contributed by atoms with Crippen molar-refractivity contribution >= 4 is 49.1 Å². The van der Waals surface area contributed by atoms with Crippen LogP contribution in [0.5, 0.6) is 0 Å². The van der Waals surface area contributed by atoms with Crippen LogP contribution in [0.1, 0.15) is 54.1 Å². The number of ether oxygens (including phenoxy) is 2. The molecule has 3 amide bonds. The number of anilines is 3. The van der Waals surface area contributed by atoms with Crippen molar-refractivity contribution < 1.29 is 38.6 Å². The third-order valence-electron chi connectivity index (χ3n) is 9.97. The number of nitrogens with one attached hydrogen (secondary N) is 1. The van der Waals surface area contributed by atoms with E-state index in [4.69, 9.17) is 15.2 Å². The second-order valence-corrected chi connectivity index (χ2v) is 17.9. The average molecular weight is 717 g/mol. The van der Waals surface area contributed by atoms with Gasteiger partial charge in [-0.25, -0.2) is 0 Å². The largest absolute Gasteiger partial charge is 0.469 e. The van der Waals surface area contributed by atoms with E-state index in [1.807, 2.05) is 37.3 Å². The minimum Gasteiger partial charge on any atom is -0.469 e. The molecule has 1 saturated heterocycles. The number of unbranched alkanes of at least 4 members (excludes halogenated alkanes) is 1. The Morgan fingerprint density at radius 3 is 2.41 bits per heavy atom. The predicted octanol–water partition coefficient (Wildman–Crippen LogP) is 4.42. The standard InChI is InChI=1S/C38H48N4O8Si/c1-25-35(51(3,4)48)32(23-33(44)41(20-21-43)24-26-10-6-5-7-11-26)50-38(25)30-22-29(40-36(46)27-13-15-28(39)16-14-27)17-18-31(30)42(37(38)47)19-9-8-12-34(45)49-2/h5-7,10-11,13-18,22,25,32,35,43,48H,8-9,12,19-21,23-24,39H2,1-4H3,(H,40,46)/t25-,32+,35-,38+/m0/s1. The van der Waals surface area contributed by atoms with Gasteiger partial charge >= 0.3 is 5.97 Å². The van der Waals surface area contributed by atoms with Crippen LogP contribution in [0.3, 0.4) is 0 Å². The fraction of sp³-hybridized carbons (Fsp3) is 0.421. The summed E-state index contributed by atoms with van der Waals surface area (Å²) in [5.41, 5.74) is 7.16. The number of carbonyl (C=O) groups excluding carboxylic acids is 4. The van der Waals surface area contributed by atoms with Crippen LogP contribution in [-0.4, -0.2) is 79.7 Å². The highest BCUT2D eigenvalue weighted by Gasteiger charge is 2.66. The first-order chi connectivity index (χ1) is 24.3. The molecule has 0 unspecified atom stereocenters. The van der Waals surface area contributed by atoms with Crippen molar-refractivity contribution in [1.29, 1.82) is 0 Å². The van der Waals surface area contributed by atoms with Gasteiger partial charge in [0, 0.05) is 60.0 Å². The molecule has 2 aliphatic heterocycles. The number of methoxy groups -OCH3 is 1. The van der Waals surface area contributed by atoms with Crippen molar-refractivity contribution in [2.75, 3.05) is 42.8 Å². The van der Waals surface area contributed by atoms with Crippen molar-refractivity contribution in [3.8, 4) is 0 Å². The van der Waals surface area contributed by atoms with E-state index in [0.29, 0.717) is 47.6 Å². The number of aliphatic hydroxyl groups is 1. The Bertz CT molecular complexity index is 1730. The minimum atomic E-state index is -3.09. The SMILES string of the molecule is COC(=O)CCCCN1C(=O)[C@]2(O[C@H](CC(=O)N(CCO)Cc3ccccc3)[C@@H]([Si](C)(C)O)[C@@H]2C)c2cc(NC(=O)c3ccc(N)cc3)ccc21. The van der Waals surface area contributed by atoms with Crippen LogP contribution < -0.4 is 16.0 Å². The summed E-state index contributed by atoms with van der Waals surface area (Å²) in [7, 11) is -1.76. The number of hydrogen-bond donors (Lipinski definition) is 4. The highest BCUT2D eigenvalue weighted by Crippen LogP contribution is 2.60. The number of nitrogen functional groups attached to an aromatic ring is 1. The Morgan fingerprint density at radius 1 is 1.06 bits per heavy atom. The summed E-state index contributed by atoms with van der Waals surface area (Å²) in [5, 5.41) is 12.8. The maximum Gasteiger partial charge on any atom is 0.305 e. The van der Waals surface area contributed by atoms with E-state index in [-0.39, 0.29) is 56.2 Å². The summed E-state index contributed by atoms with van der Waals surface area (Å²) in [5.74, 6) is -1.82. The Hall–Kier alpha value is -4.56. The molecule has 0 bridgehead atoms. The molecule has 0 radical (unpaired) electrons. The quantitative estimate of drug-likeness (QED) is 0.0816. The number of benzene rings is 3. The molecular weight excluding hydrogens is 669 g/mol. The first-order valence-electron chi connectivity index (χ1n) is 17.3. The first kappa shape index (κ1) is 37.7. The van der Waals surface area contributed by atoms with E-state index < -0.39 is 31.5 Å². The molecule has 3 aromatic rings. The van der Waals surface area contributed by atoms with Gasteiger partial charge in [0.15, 0.2) is 13.9 Å². The van der Waals surface area contributed by atoms with Gasteiger partial charge in [-0.05, 0) is 74.0 Å². The van der Waals surface area contributed by atoms with Crippen molar-refractivity contribution in [2.24, 2.45) is 5.92 Å². The number of rotatable bonds is 14. The lowest BCUT2D eigenvalue weighted by Gasteiger charge is -2.32. The molecular formula is C38H48N4O8Si. The molecule has 3 aromatic carbocycles. The van der Waals surface area contributed by atoms with Gasteiger partial charge in [0.05, 0.1) is 31.9 Å². The van der Waals surface area contributed by atoms with E-state index in [9.17, 15) is 29.1 Å². The monoisotopic (exact) mass is 716 g/mol. The topological polar surface area (TPSA) is 172 Å². The Labute approximate surface area is 299 Å². The van der Waals surface area contributed by atoms with Gasteiger partial charge in [-0.2, -0.15) is 0 Å². The summed E-state index contributed by atoms with van der Waals surface area (Å²) < 4.78 is 11.7. The van der Waals surface area contributed by atoms with Crippen LogP contribution in [0.15, 0.2) is 72.8 Å². The lowest BCUT2D eigenvalue weighted by Crippen LogP contribution is -2.46. The van der Waals surface area contributed by atoms with Crippen LogP contribution >= 0.6 is 0 Å². The summed E-state index contributed by atoms with van der Waals surface area (Å²) in [6, 6.07) is 21.2. The summed E-state index contributed by atoms with van der Waals surface area (Å²) in [6.07, 6.45) is 0.324. The minimum absolute atomic E-state index is 0.101. The van der Waals surface area contributed by atoms with Gasteiger partial charge in [-0.15, -0.1) is 0 Å². The highest BCUT2D eigenvalue weighted by molar-refractivity contribution is 6.71. The molecule has 0 aromatic heterocycles. The van der Waals surface area contributed by atoms with Gasteiger partial charge in [-0.1, -0.05) is 37.3 Å². The maximum absolute atomic E-state index is 14.8. The normalized spacial score (nSPS) is 21.1. The molecule has 4 atom stereocenters. The number of aliphatic hydroxyl groups excluding tert-OH is 1. The fourth-order valence-corrected chi connectivity index (χ4v) is 10.1. The molecule has 0 saturated carbocycles. The summed E-state index contributed by atoms with van der Waals surface area (Å²) >= 11 is 0. The van der Waals surface area contributed by atoms with Crippen molar-refractivity contribution in [3.05, 3.63) is 89.5 Å². The molecule has 2 heterocycles. The smallest absolute Gasteiger partial charge is 0.305 e. The molecule has 2 aliphatic rings.